The third-order valence-corrected chi connectivity index (χ3v) is 4.79. The Bertz CT molecular complexity index is 1010. The molecule has 0 N–H and O–H groups in total. The summed E-state index contributed by atoms with van der Waals surface area (Å²) in [5.74, 6) is 0.167. The number of ether oxygens (including phenoxy) is 3. The molecular formula is C22H20FNO5. The number of halogens is 1. The Labute approximate surface area is 167 Å². The minimum Gasteiger partial charge on any atom is -0.460 e. The van der Waals surface area contributed by atoms with E-state index in [9.17, 15) is 9.18 Å². The lowest BCUT2D eigenvalue weighted by atomic mass is 10.1. The summed E-state index contributed by atoms with van der Waals surface area (Å²) in [6, 6.07) is 12.1. The molecule has 4 rings (SSSR count). The lowest BCUT2D eigenvalue weighted by Crippen LogP contribution is -2.20. The van der Waals surface area contributed by atoms with Crippen LogP contribution in [0.4, 0.5) is 4.39 Å². The van der Waals surface area contributed by atoms with Gasteiger partial charge in [0.05, 0.1) is 18.7 Å². The van der Waals surface area contributed by atoms with E-state index in [1.165, 1.54) is 12.1 Å². The number of nitrogens with zero attached hydrogens (tertiary/aromatic N) is 1. The predicted molar refractivity (Wildman–Crippen MR) is 100 cm³/mol. The van der Waals surface area contributed by atoms with Gasteiger partial charge in [-0.15, -0.1) is 0 Å². The number of benzene rings is 2. The number of aromatic nitrogens is 1. The monoisotopic (exact) mass is 397 g/mol. The summed E-state index contributed by atoms with van der Waals surface area (Å²) in [6.07, 6.45) is -0.569. The molecule has 0 aliphatic carbocycles. The van der Waals surface area contributed by atoms with Crippen LogP contribution in [0.3, 0.4) is 0 Å². The average Bonchev–Trinajstić information content (AvgIpc) is 3.04. The average molecular weight is 397 g/mol. The van der Waals surface area contributed by atoms with E-state index in [0.717, 1.165) is 5.56 Å². The fourth-order valence-electron chi connectivity index (χ4n) is 3.27. The zero-order valence-corrected chi connectivity index (χ0v) is 16.1. The second-order valence-corrected chi connectivity index (χ2v) is 6.86. The van der Waals surface area contributed by atoms with E-state index < -0.39 is 18.1 Å². The number of hydrogen-bond acceptors (Lipinski definition) is 6. The minimum absolute atomic E-state index is 0.0370. The molecule has 1 atom stereocenters. The maximum absolute atomic E-state index is 14.0. The van der Waals surface area contributed by atoms with E-state index >= 15 is 0 Å². The van der Waals surface area contributed by atoms with Crippen molar-refractivity contribution in [2.75, 3.05) is 0 Å². The zero-order valence-electron chi connectivity index (χ0n) is 16.1. The number of carbonyl (C=O) groups excluding carboxylic acids is 1. The third-order valence-electron chi connectivity index (χ3n) is 4.79. The highest BCUT2D eigenvalue weighted by molar-refractivity contribution is 5.73. The largest absolute Gasteiger partial charge is 0.460 e. The van der Waals surface area contributed by atoms with Crippen molar-refractivity contribution >= 4 is 5.97 Å². The van der Waals surface area contributed by atoms with Gasteiger partial charge in [-0.05, 0) is 26.0 Å². The fraction of sp³-hybridized carbons (Fsp3) is 0.273. The van der Waals surface area contributed by atoms with Gasteiger partial charge in [0.1, 0.15) is 23.9 Å². The highest BCUT2D eigenvalue weighted by Gasteiger charge is 2.26. The molecule has 0 saturated heterocycles. The number of fused-ring (bicyclic) bond motifs is 1. The van der Waals surface area contributed by atoms with Crippen LogP contribution in [0.5, 0.6) is 5.75 Å². The standard InChI is InChI=1S/C22H20FNO5/c1-13-19(14(2)29-24-13)10-20(25)26-11-16-8-18(23)9-17-12-27-22(28-21(16)17)15-6-4-3-5-7-15/h3-9,22H,10-12H2,1-2H3/t22-/m0/s1. The summed E-state index contributed by atoms with van der Waals surface area (Å²) in [6.45, 7) is 3.60. The van der Waals surface area contributed by atoms with Gasteiger partial charge in [0.25, 0.3) is 0 Å². The number of esters is 1. The van der Waals surface area contributed by atoms with Crippen LogP contribution < -0.4 is 4.74 Å². The van der Waals surface area contributed by atoms with E-state index in [1.54, 1.807) is 13.8 Å². The molecule has 29 heavy (non-hydrogen) atoms. The molecule has 1 aromatic heterocycles. The molecule has 7 heteroatoms. The molecule has 2 aromatic carbocycles. The van der Waals surface area contributed by atoms with Crippen molar-refractivity contribution in [1.82, 2.24) is 5.16 Å². The van der Waals surface area contributed by atoms with Gasteiger partial charge in [-0.3, -0.25) is 4.79 Å². The molecule has 1 aliphatic rings. The summed E-state index contributed by atoms with van der Waals surface area (Å²) < 4.78 is 36.2. The molecule has 6 nitrogen and oxygen atoms in total. The summed E-state index contributed by atoms with van der Waals surface area (Å²) >= 11 is 0. The summed E-state index contributed by atoms with van der Waals surface area (Å²) in [7, 11) is 0. The van der Waals surface area contributed by atoms with Crippen LogP contribution in [0, 0.1) is 19.7 Å². The smallest absolute Gasteiger partial charge is 0.310 e. The van der Waals surface area contributed by atoms with E-state index in [0.29, 0.717) is 33.9 Å². The number of rotatable bonds is 5. The lowest BCUT2D eigenvalue weighted by Gasteiger charge is -2.28. The Kier molecular flexibility index (Phi) is 5.31. The Morgan fingerprint density at radius 2 is 2.03 bits per heavy atom. The molecule has 0 radical (unpaired) electrons. The summed E-state index contributed by atoms with van der Waals surface area (Å²) in [5, 5.41) is 3.83. The van der Waals surface area contributed by atoms with Crippen LogP contribution in [-0.4, -0.2) is 11.1 Å². The molecule has 0 fully saturated rings. The van der Waals surface area contributed by atoms with Crippen LogP contribution in [0.2, 0.25) is 0 Å². The van der Waals surface area contributed by atoms with Gasteiger partial charge in [-0.25, -0.2) is 4.39 Å². The van der Waals surface area contributed by atoms with Crippen LogP contribution in [-0.2, 0) is 33.9 Å². The van der Waals surface area contributed by atoms with Gasteiger partial charge in [-0.2, -0.15) is 0 Å². The van der Waals surface area contributed by atoms with Crippen molar-refractivity contribution in [2.45, 2.75) is 39.8 Å². The topological polar surface area (TPSA) is 70.8 Å². The molecule has 150 valence electrons. The molecular weight excluding hydrogens is 377 g/mol. The van der Waals surface area contributed by atoms with Crippen molar-refractivity contribution < 1.29 is 27.9 Å². The third kappa shape index (κ3) is 4.14. The number of hydrogen-bond donors (Lipinski definition) is 0. The Balaban J connectivity index is 1.50. The number of carbonyl (C=O) groups is 1. The summed E-state index contributed by atoms with van der Waals surface area (Å²) in [4.78, 5) is 12.3. The highest BCUT2D eigenvalue weighted by Crippen LogP contribution is 2.36. The van der Waals surface area contributed by atoms with Gasteiger partial charge >= 0.3 is 5.97 Å². The highest BCUT2D eigenvalue weighted by atomic mass is 19.1. The van der Waals surface area contributed by atoms with Gasteiger partial charge in [0.15, 0.2) is 0 Å². The van der Waals surface area contributed by atoms with Crippen molar-refractivity contribution in [3.63, 3.8) is 0 Å². The first kappa shape index (κ1) is 19.1. The van der Waals surface area contributed by atoms with Crippen molar-refractivity contribution in [3.8, 4) is 5.75 Å². The molecule has 2 heterocycles. The minimum atomic E-state index is -0.606. The molecule has 3 aromatic rings. The maximum atomic E-state index is 14.0. The SMILES string of the molecule is Cc1noc(C)c1CC(=O)OCc1cc(F)cc2c1O[C@@H](c1ccccc1)OC2. The molecule has 0 unspecified atom stereocenters. The van der Waals surface area contributed by atoms with Crippen LogP contribution in [0.15, 0.2) is 47.0 Å². The normalized spacial score (nSPS) is 15.5. The Morgan fingerprint density at radius 1 is 1.24 bits per heavy atom. The summed E-state index contributed by atoms with van der Waals surface area (Å²) in [5.41, 5.74) is 3.23. The van der Waals surface area contributed by atoms with Crippen LogP contribution >= 0.6 is 0 Å². The first-order chi connectivity index (χ1) is 14.0. The van der Waals surface area contributed by atoms with Gasteiger partial charge < -0.3 is 18.7 Å². The van der Waals surface area contributed by atoms with Crippen molar-refractivity contribution in [3.05, 3.63) is 82.0 Å². The molecule has 1 aliphatic heterocycles. The quantitative estimate of drug-likeness (QED) is 0.597. The first-order valence-electron chi connectivity index (χ1n) is 9.23. The van der Waals surface area contributed by atoms with Gasteiger partial charge in [-0.1, -0.05) is 35.5 Å². The van der Waals surface area contributed by atoms with Crippen molar-refractivity contribution in [2.24, 2.45) is 0 Å². The van der Waals surface area contributed by atoms with E-state index in [4.69, 9.17) is 18.7 Å². The molecule has 0 bridgehead atoms. The zero-order chi connectivity index (χ0) is 20.4. The van der Waals surface area contributed by atoms with E-state index in [-0.39, 0.29) is 19.6 Å². The first-order valence-corrected chi connectivity index (χ1v) is 9.23. The second-order valence-electron chi connectivity index (χ2n) is 6.86. The van der Waals surface area contributed by atoms with Crippen molar-refractivity contribution in [1.29, 1.82) is 0 Å². The molecule has 0 spiro atoms. The lowest BCUT2D eigenvalue weighted by molar-refractivity contribution is -0.144. The Morgan fingerprint density at radius 3 is 2.76 bits per heavy atom. The van der Waals surface area contributed by atoms with E-state index in [2.05, 4.69) is 5.16 Å². The molecule has 0 saturated carbocycles. The van der Waals surface area contributed by atoms with Crippen LogP contribution in [0.1, 0.15) is 40.0 Å². The van der Waals surface area contributed by atoms with Gasteiger partial charge in [0.2, 0.25) is 6.29 Å². The van der Waals surface area contributed by atoms with E-state index in [1.807, 2.05) is 30.3 Å². The van der Waals surface area contributed by atoms with Gasteiger partial charge in [0, 0.05) is 22.3 Å². The molecule has 0 amide bonds. The second kappa shape index (κ2) is 8.05. The van der Waals surface area contributed by atoms with Crippen LogP contribution in [0.25, 0.3) is 0 Å². The predicted octanol–water partition coefficient (Wildman–Crippen LogP) is 4.32. The number of aryl methyl sites for hydroxylation is 2. The maximum Gasteiger partial charge on any atom is 0.310 e. The fourth-order valence-corrected chi connectivity index (χ4v) is 3.27. The Hall–Kier alpha value is -3.19.